The van der Waals surface area contributed by atoms with Crippen molar-refractivity contribution in [3.63, 3.8) is 0 Å². The molecule has 1 unspecified atom stereocenters. The van der Waals surface area contributed by atoms with Crippen LogP contribution >= 0.6 is 7.82 Å². The molecule has 0 fully saturated rings. The molecular weight excluding hydrogens is 483 g/mol. The number of phosphoric ester groups is 1. The Balaban J connectivity index is 4.05. The van der Waals surface area contributed by atoms with E-state index < -0.39 is 32.5 Å². The van der Waals surface area contributed by atoms with E-state index in [9.17, 15) is 14.2 Å². The maximum absolute atomic E-state index is 12.2. The Labute approximate surface area is 218 Å². The summed E-state index contributed by atoms with van der Waals surface area (Å²) < 4.78 is 25.8. The number of carbonyl (C=O) groups is 2. The Kier molecular flexibility index (Phi) is 22.9. The van der Waals surface area contributed by atoms with E-state index in [0.29, 0.717) is 12.8 Å². The van der Waals surface area contributed by atoms with Crippen LogP contribution in [0.2, 0.25) is 0 Å². The van der Waals surface area contributed by atoms with Crippen LogP contribution in [0.25, 0.3) is 0 Å². The molecule has 0 saturated carbocycles. The molecule has 0 heterocycles. The predicted octanol–water partition coefficient (Wildman–Crippen LogP) is 6.94. The first-order valence-electron chi connectivity index (χ1n) is 13.6. The summed E-state index contributed by atoms with van der Waals surface area (Å²) >= 11 is 0. The van der Waals surface area contributed by atoms with Crippen LogP contribution in [0, 0.1) is 0 Å². The zero-order valence-corrected chi connectivity index (χ0v) is 23.3. The topological polar surface area (TPSA) is 119 Å². The molecular formula is C27H49O8P. The molecule has 210 valence electrons. The molecule has 0 aromatic carbocycles. The van der Waals surface area contributed by atoms with Gasteiger partial charge in [-0.25, -0.2) is 4.57 Å². The number of carbonyl (C=O) groups excluding carboxylic acids is 2. The minimum Gasteiger partial charge on any atom is -0.462 e. The van der Waals surface area contributed by atoms with Gasteiger partial charge in [-0.1, -0.05) is 89.5 Å². The number of ether oxygens (including phenoxy) is 2. The summed E-state index contributed by atoms with van der Waals surface area (Å²) in [5, 5.41) is 0. The Morgan fingerprint density at radius 1 is 0.722 bits per heavy atom. The van der Waals surface area contributed by atoms with Gasteiger partial charge in [0.25, 0.3) is 0 Å². The lowest BCUT2D eigenvalue weighted by Crippen LogP contribution is -2.29. The molecule has 0 aliphatic rings. The Morgan fingerprint density at radius 3 is 1.92 bits per heavy atom. The molecule has 0 aliphatic heterocycles. The van der Waals surface area contributed by atoms with Crippen molar-refractivity contribution in [2.24, 2.45) is 0 Å². The summed E-state index contributed by atoms with van der Waals surface area (Å²) in [5.74, 6) is -0.926. The van der Waals surface area contributed by atoms with Crippen molar-refractivity contribution in [3.8, 4) is 0 Å². The van der Waals surface area contributed by atoms with Crippen molar-refractivity contribution in [1.82, 2.24) is 0 Å². The van der Waals surface area contributed by atoms with Gasteiger partial charge in [0.05, 0.1) is 6.61 Å². The predicted molar refractivity (Wildman–Crippen MR) is 142 cm³/mol. The van der Waals surface area contributed by atoms with Gasteiger partial charge in [-0.2, -0.15) is 0 Å². The van der Waals surface area contributed by atoms with Crippen LogP contribution in [0.15, 0.2) is 24.3 Å². The second kappa shape index (κ2) is 23.9. The summed E-state index contributed by atoms with van der Waals surface area (Å²) in [7, 11) is -4.73. The summed E-state index contributed by atoms with van der Waals surface area (Å²) in [4.78, 5) is 41.9. The molecule has 2 N–H and O–H groups in total. The zero-order chi connectivity index (χ0) is 26.9. The Bertz CT molecular complexity index is 656. The second-order valence-electron chi connectivity index (χ2n) is 9.02. The lowest BCUT2D eigenvalue weighted by molar-refractivity contribution is -0.161. The summed E-state index contributed by atoms with van der Waals surface area (Å²) in [6.45, 7) is 3.44. The molecule has 0 radical (unpaired) electrons. The van der Waals surface area contributed by atoms with Crippen LogP contribution < -0.4 is 0 Å². The minimum atomic E-state index is -4.73. The van der Waals surface area contributed by atoms with Gasteiger partial charge < -0.3 is 19.3 Å². The zero-order valence-electron chi connectivity index (χ0n) is 22.4. The Morgan fingerprint density at radius 2 is 1.28 bits per heavy atom. The van der Waals surface area contributed by atoms with Crippen molar-refractivity contribution < 1.29 is 37.9 Å². The molecule has 1 atom stereocenters. The van der Waals surface area contributed by atoms with Crippen molar-refractivity contribution in [2.45, 2.75) is 123 Å². The molecule has 0 spiro atoms. The molecule has 0 rings (SSSR count). The van der Waals surface area contributed by atoms with Crippen LogP contribution in [-0.4, -0.2) is 41.0 Å². The highest BCUT2D eigenvalue weighted by Gasteiger charge is 2.22. The highest BCUT2D eigenvalue weighted by atomic mass is 31.2. The van der Waals surface area contributed by atoms with E-state index in [4.69, 9.17) is 19.3 Å². The van der Waals surface area contributed by atoms with Crippen LogP contribution in [0.3, 0.4) is 0 Å². The van der Waals surface area contributed by atoms with Gasteiger partial charge >= 0.3 is 19.8 Å². The van der Waals surface area contributed by atoms with Crippen LogP contribution in [-0.2, 0) is 28.2 Å². The molecule has 0 amide bonds. The van der Waals surface area contributed by atoms with E-state index in [1.54, 1.807) is 0 Å². The van der Waals surface area contributed by atoms with Crippen LogP contribution in [0.5, 0.6) is 0 Å². The molecule has 36 heavy (non-hydrogen) atoms. The van der Waals surface area contributed by atoms with Gasteiger partial charge in [-0.05, 0) is 38.5 Å². The number of unbranched alkanes of at least 4 members (excludes halogenated alkanes) is 10. The summed E-state index contributed by atoms with van der Waals surface area (Å²) in [6.07, 6.45) is 22.5. The quantitative estimate of drug-likeness (QED) is 0.0593. The van der Waals surface area contributed by atoms with Crippen molar-refractivity contribution in [1.29, 1.82) is 0 Å². The van der Waals surface area contributed by atoms with Crippen molar-refractivity contribution in [3.05, 3.63) is 24.3 Å². The normalized spacial score (nSPS) is 12.9. The standard InChI is InChI=1S/C27H49O8P/c1-3-5-7-9-10-11-12-13-14-15-16-17-18-20-22-27(29)35-25(24-34-36(30,31)32)23-33-26(28)21-19-8-6-4-2/h9-10,12-13,25H,3-8,11,14-24H2,1-2H3,(H2,30,31,32)/b10-9-,13-12-. The summed E-state index contributed by atoms with van der Waals surface area (Å²) in [5.41, 5.74) is 0. The number of phosphoric acid groups is 1. The van der Waals surface area contributed by atoms with E-state index in [0.717, 1.165) is 64.2 Å². The number of hydrogen-bond acceptors (Lipinski definition) is 6. The van der Waals surface area contributed by atoms with Crippen molar-refractivity contribution >= 4 is 19.8 Å². The molecule has 0 aromatic rings. The highest BCUT2D eigenvalue weighted by Crippen LogP contribution is 2.35. The first-order valence-corrected chi connectivity index (χ1v) is 15.2. The highest BCUT2D eigenvalue weighted by molar-refractivity contribution is 7.46. The van der Waals surface area contributed by atoms with E-state index in [1.807, 2.05) is 0 Å². The van der Waals surface area contributed by atoms with Crippen LogP contribution in [0.1, 0.15) is 117 Å². The van der Waals surface area contributed by atoms with Crippen molar-refractivity contribution in [2.75, 3.05) is 13.2 Å². The third kappa shape index (κ3) is 25.6. The fraction of sp³-hybridized carbons (Fsp3) is 0.778. The lowest BCUT2D eigenvalue weighted by Gasteiger charge is -2.18. The first kappa shape index (κ1) is 34.5. The van der Waals surface area contributed by atoms with E-state index in [-0.39, 0.29) is 19.4 Å². The fourth-order valence-corrected chi connectivity index (χ4v) is 3.75. The average Bonchev–Trinajstić information content (AvgIpc) is 2.83. The monoisotopic (exact) mass is 532 g/mol. The molecule has 0 aliphatic carbocycles. The molecule has 0 aromatic heterocycles. The lowest BCUT2D eigenvalue weighted by atomic mass is 10.1. The molecule has 0 bridgehead atoms. The molecule has 0 saturated heterocycles. The van der Waals surface area contributed by atoms with Gasteiger partial charge in [0.2, 0.25) is 0 Å². The maximum Gasteiger partial charge on any atom is 0.469 e. The number of hydrogen-bond donors (Lipinski definition) is 2. The second-order valence-corrected chi connectivity index (χ2v) is 10.3. The summed E-state index contributed by atoms with van der Waals surface area (Å²) in [6, 6.07) is 0. The van der Waals surface area contributed by atoms with Gasteiger partial charge in [0.1, 0.15) is 6.61 Å². The first-order chi connectivity index (χ1) is 17.3. The van der Waals surface area contributed by atoms with Gasteiger partial charge in [-0.15, -0.1) is 0 Å². The fourth-order valence-electron chi connectivity index (χ4n) is 3.39. The number of esters is 2. The van der Waals surface area contributed by atoms with E-state index >= 15 is 0 Å². The van der Waals surface area contributed by atoms with E-state index in [1.165, 1.54) is 12.8 Å². The van der Waals surface area contributed by atoms with Crippen LogP contribution in [0.4, 0.5) is 0 Å². The SMILES string of the molecule is CCCC/C=C\C/C=C\CCCCCCCC(=O)OC(COC(=O)CCCCCC)COP(=O)(O)O. The average molecular weight is 533 g/mol. The maximum atomic E-state index is 12.2. The minimum absolute atomic E-state index is 0.196. The third-order valence-corrected chi connectivity index (χ3v) is 5.96. The van der Waals surface area contributed by atoms with Gasteiger partial charge in [0.15, 0.2) is 6.10 Å². The number of allylic oxidation sites excluding steroid dienone is 4. The van der Waals surface area contributed by atoms with Gasteiger partial charge in [-0.3, -0.25) is 14.1 Å². The number of rotatable bonds is 24. The smallest absolute Gasteiger partial charge is 0.462 e. The third-order valence-electron chi connectivity index (χ3n) is 5.47. The largest absolute Gasteiger partial charge is 0.469 e. The Hall–Kier alpha value is -1.47. The van der Waals surface area contributed by atoms with E-state index in [2.05, 4.69) is 42.7 Å². The molecule has 8 nitrogen and oxygen atoms in total. The molecule has 9 heteroatoms. The van der Waals surface area contributed by atoms with Gasteiger partial charge in [0, 0.05) is 12.8 Å².